The van der Waals surface area contributed by atoms with Crippen LogP contribution in [0.5, 0.6) is 0 Å². The second-order valence-corrected chi connectivity index (χ2v) is 6.70. The first-order valence-corrected chi connectivity index (χ1v) is 7.72. The molecule has 19 heavy (non-hydrogen) atoms. The van der Waals surface area contributed by atoms with Gasteiger partial charge in [-0.3, -0.25) is 0 Å². The van der Waals surface area contributed by atoms with Crippen LogP contribution in [0.3, 0.4) is 0 Å². The van der Waals surface area contributed by atoms with Crippen LogP contribution in [0.1, 0.15) is 37.7 Å². The minimum atomic E-state index is 0.299. The van der Waals surface area contributed by atoms with Gasteiger partial charge in [0.1, 0.15) is 0 Å². The highest BCUT2D eigenvalue weighted by molar-refractivity contribution is 5.13. The molecule has 1 aliphatic heterocycles. The molecule has 0 radical (unpaired) electrons. The molecule has 3 heteroatoms. The molecule has 0 spiro atoms. The first-order chi connectivity index (χ1) is 9.36. The van der Waals surface area contributed by atoms with Crippen LogP contribution < -0.4 is 5.32 Å². The number of furan rings is 1. The van der Waals surface area contributed by atoms with Crippen LogP contribution in [0, 0.1) is 11.3 Å². The number of nitrogens with one attached hydrogen (secondary N) is 1. The summed E-state index contributed by atoms with van der Waals surface area (Å²) in [6.07, 6.45) is 11.9. The lowest BCUT2D eigenvalue weighted by Crippen LogP contribution is -2.44. The van der Waals surface area contributed by atoms with E-state index in [1.807, 2.05) is 6.26 Å². The van der Waals surface area contributed by atoms with Crippen molar-refractivity contribution < 1.29 is 9.15 Å². The van der Waals surface area contributed by atoms with Gasteiger partial charge in [-0.15, -0.1) is 0 Å². The van der Waals surface area contributed by atoms with E-state index in [0.29, 0.717) is 11.5 Å². The highest BCUT2D eigenvalue weighted by Gasteiger charge is 2.51. The topological polar surface area (TPSA) is 34.4 Å². The maximum absolute atomic E-state index is 6.12. The Morgan fingerprint density at radius 1 is 1.26 bits per heavy atom. The average Bonchev–Trinajstić information content (AvgIpc) is 3.34. The fourth-order valence-electron chi connectivity index (χ4n) is 3.62. The minimum Gasteiger partial charge on any atom is -0.472 e. The Bertz CT molecular complexity index is 422. The molecule has 0 bridgehead atoms. The van der Waals surface area contributed by atoms with E-state index >= 15 is 0 Å². The van der Waals surface area contributed by atoms with Crippen LogP contribution in [0.2, 0.25) is 0 Å². The van der Waals surface area contributed by atoms with Gasteiger partial charge >= 0.3 is 0 Å². The van der Waals surface area contributed by atoms with E-state index in [2.05, 4.69) is 11.4 Å². The number of hydrogen-bond donors (Lipinski definition) is 1. The fourth-order valence-corrected chi connectivity index (χ4v) is 3.62. The van der Waals surface area contributed by atoms with Crippen molar-refractivity contribution in [1.29, 1.82) is 0 Å². The molecule has 3 aliphatic rings. The predicted octanol–water partition coefficient (Wildman–Crippen LogP) is 2.76. The van der Waals surface area contributed by atoms with Crippen LogP contribution in [-0.4, -0.2) is 25.3 Å². The molecule has 1 aromatic heterocycles. The standard InChI is InChI=1S/C16H23NO2/c1-2-13(1)15-16(6-8-19-15,11-17-14-3-4-14)9-12-5-7-18-10-12/h5,7,10,13-15,17H,1-4,6,8-9,11H2. The van der Waals surface area contributed by atoms with Gasteiger partial charge in [-0.2, -0.15) is 0 Å². The van der Waals surface area contributed by atoms with Crippen molar-refractivity contribution in [3.05, 3.63) is 24.2 Å². The van der Waals surface area contributed by atoms with Crippen molar-refractivity contribution in [3.63, 3.8) is 0 Å². The normalized spacial score (nSPS) is 34.8. The molecule has 2 atom stereocenters. The van der Waals surface area contributed by atoms with Gasteiger partial charge in [0, 0.05) is 24.6 Å². The summed E-state index contributed by atoms with van der Waals surface area (Å²) >= 11 is 0. The first-order valence-electron chi connectivity index (χ1n) is 7.72. The van der Waals surface area contributed by atoms with Gasteiger partial charge in [0.25, 0.3) is 0 Å². The summed E-state index contributed by atoms with van der Waals surface area (Å²) in [6.45, 7) is 2.05. The van der Waals surface area contributed by atoms with Crippen LogP contribution in [-0.2, 0) is 11.2 Å². The van der Waals surface area contributed by atoms with Gasteiger partial charge in [0.2, 0.25) is 0 Å². The third-order valence-corrected chi connectivity index (χ3v) is 5.01. The van der Waals surface area contributed by atoms with E-state index in [4.69, 9.17) is 9.15 Å². The van der Waals surface area contributed by atoms with E-state index in [0.717, 1.165) is 31.5 Å². The predicted molar refractivity (Wildman–Crippen MR) is 73.0 cm³/mol. The lowest BCUT2D eigenvalue weighted by Gasteiger charge is -2.34. The van der Waals surface area contributed by atoms with Crippen LogP contribution in [0.25, 0.3) is 0 Å². The van der Waals surface area contributed by atoms with Gasteiger partial charge in [0.15, 0.2) is 0 Å². The Morgan fingerprint density at radius 3 is 2.84 bits per heavy atom. The second-order valence-electron chi connectivity index (χ2n) is 6.70. The largest absolute Gasteiger partial charge is 0.472 e. The quantitative estimate of drug-likeness (QED) is 0.855. The summed E-state index contributed by atoms with van der Waals surface area (Å²) < 4.78 is 11.4. The monoisotopic (exact) mass is 261 g/mol. The van der Waals surface area contributed by atoms with E-state index in [1.165, 1.54) is 37.7 Å². The SMILES string of the molecule is c1cc(CC2(CNC3CC3)CCOC2C2CC2)co1. The Kier molecular flexibility index (Phi) is 2.92. The lowest BCUT2D eigenvalue weighted by molar-refractivity contribution is 0.0304. The smallest absolute Gasteiger partial charge is 0.0934 e. The number of ether oxygens (including phenoxy) is 1. The highest BCUT2D eigenvalue weighted by Crippen LogP contribution is 2.49. The molecule has 3 nitrogen and oxygen atoms in total. The zero-order valence-electron chi connectivity index (χ0n) is 11.4. The highest BCUT2D eigenvalue weighted by atomic mass is 16.5. The Hall–Kier alpha value is -0.800. The maximum Gasteiger partial charge on any atom is 0.0934 e. The summed E-state index contributed by atoms with van der Waals surface area (Å²) in [6, 6.07) is 2.89. The van der Waals surface area contributed by atoms with Crippen molar-refractivity contribution in [2.75, 3.05) is 13.2 Å². The van der Waals surface area contributed by atoms with E-state index in [1.54, 1.807) is 6.26 Å². The van der Waals surface area contributed by atoms with Crippen molar-refractivity contribution in [1.82, 2.24) is 5.32 Å². The molecule has 0 amide bonds. The molecule has 1 N–H and O–H groups in total. The third kappa shape index (κ3) is 2.46. The molecule has 1 aromatic rings. The molecular weight excluding hydrogens is 238 g/mol. The van der Waals surface area contributed by atoms with Gasteiger partial charge in [-0.05, 0) is 56.1 Å². The number of rotatable bonds is 6. The van der Waals surface area contributed by atoms with Gasteiger partial charge < -0.3 is 14.5 Å². The van der Waals surface area contributed by atoms with Crippen molar-refractivity contribution in [3.8, 4) is 0 Å². The maximum atomic E-state index is 6.12. The summed E-state index contributed by atoms with van der Waals surface area (Å²) in [4.78, 5) is 0. The van der Waals surface area contributed by atoms with Crippen molar-refractivity contribution >= 4 is 0 Å². The summed E-state index contributed by atoms with van der Waals surface area (Å²) in [5, 5.41) is 3.75. The Morgan fingerprint density at radius 2 is 2.16 bits per heavy atom. The fraction of sp³-hybridized carbons (Fsp3) is 0.750. The third-order valence-electron chi connectivity index (χ3n) is 5.01. The van der Waals surface area contributed by atoms with Gasteiger partial charge in [0.05, 0.1) is 18.6 Å². The molecule has 3 fully saturated rings. The molecule has 1 saturated heterocycles. The molecule has 2 heterocycles. The molecular formula is C16H23NO2. The number of hydrogen-bond acceptors (Lipinski definition) is 3. The van der Waals surface area contributed by atoms with E-state index in [-0.39, 0.29) is 0 Å². The lowest BCUT2D eigenvalue weighted by atomic mass is 9.74. The van der Waals surface area contributed by atoms with Gasteiger partial charge in [-0.1, -0.05) is 0 Å². The summed E-state index contributed by atoms with van der Waals surface area (Å²) in [5.41, 5.74) is 1.63. The molecule has 2 saturated carbocycles. The second kappa shape index (κ2) is 4.64. The van der Waals surface area contributed by atoms with Crippen molar-refractivity contribution in [2.45, 2.75) is 50.7 Å². The molecule has 0 aromatic carbocycles. The van der Waals surface area contributed by atoms with Crippen molar-refractivity contribution in [2.24, 2.45) is 11.3 Å². The summed E-state index contributed by atoms with van der Waals surface area (Å²) in [5.74, 6) is 0.815. The minimum absolute atomic E-state index is 0.299. The van der Waals surface area contributed by atoms with Crippen LogP contribution >= 0.6 is 0 Å². The van der Waals surface area contributed by atoms with Crippen LogP contribution in [0.4, 0.5) is 0 Å². The van der Waals surface area contributed by atoms with E-state index in [9.17, 15) is 0 Å². The Balaban J connectivity index is 1.53. The molecule has 104 valence electrons. The first kappa shape index (κ1) is 12.0. The average molecular weight is 261 g/mol. The zero-order valence-corrected chi connectivity index (χ0v) is 11.4. The zero-order chi connectivity index (χ0) is 12.7. The molecule has 2 aliphatic carbocycles. The Labute approximate surface area is 114 Å². The van der Waals surface area contributed by atoms with E-state index < -0.39 is 0 Å². The van der Waals surface area contributed by atoms with Crippen LogP contribution in [0.15, 0.2) is 23.0 Å². The van der Waals surface area contributed by atoms with Gasteiger partial charge in [-0.25, -0.2) is 0 Å². The molecule has 2 unspecified atom stereocenters. The summed E-state index contributed by atoms with van der Waals surface area (Å²) in [7, 11) is 0. The molecule has 4 rings (SSSR count).